The maximum atomic E-state index is 13.0. The number of carbonyl (C=O) groups excluding carboxylic acids is 1. The molecule has 36 heavy (non-hydrogen) atoms. The van der Waals surface area contributed by atoms with Crippen LogP contribution in [-0.4, -0.2) is 76.8 Å². The van der Waals surface area contributed by atoms with Crippen LogP contribution in [0.5, 0.6) is 5.88 Å². The summed E-state index contributed by atoms with van der Waals surface area (Å²) in [4.78, 5) is 26.4. The van der Waals surface area contributed by atoms with Gasteiger partial charge in [-0.25, -0.2) is 8.42 Å². The Morgan fingerprint density at radius 2 is 1.89 bits per heavy atom. The van der Waals surface area contributed by atoms with Crippen LogP contribution in [0.4, 0.5) is 0 Å². The predicted molar refractivity (Wildman–Crippen MR) is 135 cm³/mol. The molecule has 1 aromatic carbocycles. The summed E-state index contributed by atoms with van der Waals surface area (Å²) in [7, 11) is -1.69. The fourth-order valence-corrected chi connectivity index (χ4v) is 5.58. The number of aromatic amines is 1. The average molecular weight is 507 g/mol. The Hall–Kier alpha value is -3.80. The number of pyridine rings is 2. The van der Waals surface area contributed by atoms with Crippen LogP contribution >= 0.6 is 0 Å². The van der Waals surface area contributed by atoms with Gasteiger partial charge in [-0.1, -0.05) is 6.07 Å². The van der Waals surface area contributed by atoms with Crippen molar-refractivity contribution in [1.29, 1.82) is 0 Å². The molecular weight excluding hydrogens is 480 g/mol. The number of aromatic nitrogens is 3. The van der Waals surface area contributed by atoms with Crippen molar-refractivity contribution in [2.24, 2.45) is 0 Å². The molecule has 1 saturated heterocycles. The summed E-state index contributed by atoms with van der Waals surface area (Å²) >= 11 is 0. The first-order valence-electron chi connectivity index (χ1n) is 11.5. The Morgan fingerprint density at radius 3 is 2.58 bits per heavy atom. The van der Waals surface area contributed by atoms with Crippen LogP contribution in [-0.2, 0) is 16.6 Å². The number of H-pyrrole nitrogens is 1. The zero-order chi connectivity index (χ0) is 25.3. The van der Waals surface area contributed by atoms with E-state index in [1.54, 1.807) is 30.5 Å². The third kappa shape index (κ3) is 4.68. The molecule has 11 heteroatoms. The van der Waals surface area contributed by atoms with E-state index in [2.05, 4.69) is 25.2 Å². The summed E-state index contributed by atoms with van der Waals surface area (Å²) in [6.45, 7) is 2.48. The van der Waals surface area contributed by atoms with E-state index in [-0.39, 0.29) is 23.2 Å². The number of amides is 1. The van der Waals surface area contributed by atoms with Gasteiger partial charge >= 0.3 is 0 Å². The minimum absolute atomic E-state index is 0.102. The van der Waals surface area contributed by atoms with Crippen molar-refractivity contribution >= 4 is 26.8 Å². The van der Waals surface area contributed by atoms with E-state index in [0.717, 1.165) is 5.69 Å². The summed E-state index contributed by atoms with van der Waals surface area (Å²) in [5.74, 6) is -0.394. The second-order valence-corrected chi connectivity index (χ2v) is 10.6. The van der Waals surface area contributed by atoms with E-state index >= 15 is 0 Å². The highest BCUT2D eigenvalue weighted by molar-refractivity contribution is 7.89. The number of carbonyl (C=O) groups is 1. The number of aromatic hydroxyl groups is 1. The van der Waals surface area contributed by atoms with Crippen molar-refractivity contribution < 1.29 is 18.3 Å². The van der Waals surface area contributed by atoms with Crippen LogP contribution in [0.3, 0.4) is 0 Å². The van der Waals surface area contributed by atoms with Gasteiger partial charge in [0.1, 0.15) is 4.90 Å². The summed E-state index contributed by atoms with van der Waals surface area (Å²) < 4.78 is 27.5. The van der Waals surface area contributed by atoms with Crippen LogP contribution < -0.4 is 5.32 Å². The van der Waals surface area contributed by atoms with Gasteiger partial charge in [-0.2, -0.15) is 4.31 Å². The average Bonchev–Trinajstić information content (AvgIpc) is 3.23. The fourth-order valence-electron chi connectivity index (χ4n) is 4.21. The molecule has 0 bridgehead atoms. The molecular formula is C25H26N6O4S. The number of hydrogen-bond donors (Lipinski definition) is 3. The minimum Gasteiger partial charge on any atom is -0.494 e. The Morgan fingerprint density at radius 1 is 1.08 bits per heavy atom. The second-order valence-electron chi connectivity index (χ2n) is 8.70. The molecule has 0 spiro atoms. The topological polar surface area (TPSA) is 132 Å². The highest BCUT2D eigenvalue weighted by Crippen LogP contribution is 2.36. The molecule has 1 fully saturated rings. The highest BCUT2D eigenvalue weighted by atomic mass is 32.2. The Kier molecular flexibility index (Phi) is 6.44. The van der Waals surface area contributed by atoms with Gasteiger partial charge in [-0.3, -0.25) is 14.8 Å². The van der Waals surface area contributed by atoms with Gasteiger partial charge in [0, 0.05) is 55.0 Å². The smallest absolute Gasteiger partial charge is 0.251 e. The first-order chi connectivity index (χ1) is 17.3. The quantitative estimate of drug-likeness (QED) is 0.365. The van der Waals surface area contributed by atoms with Crippen molar-refractivity contribution in [3.63, 3.8) is 0 Å². The summed E-state index contributed by atoms with van der Waals surface area (Å²) in [6, 6.07) is 13.6. The first-order valence-corrected chi connectivity index (χ1v) is 12.9. The zero-order valence-corrected chi connectivity index (χ0v) is 20.5. The van der Waals surface area contributed by atoms with Gasteiger partial charge in [-0.05, 0) is 49.5 Å². The molecule has 3 aromatic heterocycles. The summed E-state index contributed by atoms with van der Waals surface area (Å²) in [5.41, 5.74) is 2.56. The number of benzene rings is 1. The Balaban J connectivity index is 1.40. The van der Waals surface area contributed by atoms with Gasteiger partial charge in [0.25, 0.3) is 5.91 Å². The molecule has 0 atom stereocenters. The maximum Gasteiger partial charge on any atom is 0.251 e. The molecule has 0 unspecified atom stereocenters. The number of nitrogens with zero attached hydrogens (tertiary/aromatic N) is 4. The lowest BCUT2D eigenvalue weighted by molar-refractivity contribution is 0.0950. The molecule has 3 N–H and O–H groups in total. The van der Waals surface area contributed by atoms with E-state index in [1.165, 1.54) is 16.6 Å². The lowest BCUT2D eigenvalue weighted by atomic mass is 10.1. The summed E-state index contributed by atoms with van der Waals surface area (Å²) in [6.07, 6.45) is 2.97. The number of rotatable bonds is 6. The number of fused-ring (bicyclic) bond motifs is 1. The van der Waals surface area contributed by atoms with Gasteiger partial charge < -0.3 is 20.3 Å². The van der Waals surface area contributed by atoms with E-state index < -0.39 is 10.0 Å². The molecule has 10 nitrogen and oxygen atoms in total. The third-order valence-corrected chi connectivity index (χ3v) is 8.17. The fraction of sp³-hybridized carbons (Fsp3) is 0.240. The molecule has 1 amide bonds. The molecule has 1 aliphatic rings. The normalized spacial score (nSPS) is 15.2. The van der Waals surface area contributed by atoms with Crippen molar-refractivity contribution in [2.75, 3.05) is 33.2 Å². The lowest BCUT2D eigenvalue weighted by Gasteiger charge is -2.31. The summed E-state index contributed by atoms with van der Waals surface area (Å²) in [5, 5.41) is 14.0. The van der Waals surface area contributed by atoms with Crippen LogP contribution in [0.25, 0.3) is 22.2 Å². The maximum absolute atomic E-state index is 13.0. The van der Waals surface area contributed by atoms with E-state index in [0.29, 0.717) is 53.9 Å². The van der Waals surface area contributed by atoms with Crippen molar-refractivity contribution in [3.8, 4) is 17.1 Å². The minimum atomic E-state index is -3.66. The first kappa shape index (κ1) is 23.9. The molecule has 0 radical (unpaired) electrons. The number of likely N-dealkylation sites (N-methyl/N-ethyl adjacent to an activating group) is 1. The van der Waals surface area contributed by atoms with E-state index in [1.807, 2.05) is 25.2 Å². The monoisotopic (exact) mass is 506 g/mol. The molecule has 0 aliphatic carbocycles. The molecule has 1 aliphatic heterocycles. The molecule has 5 rings (SSSR count). The zero-order valence-electron chi connectivity index (χ0n) is 19.7. The third-order valence-electron chi connectivity index (χ3n) is 6.29. The predicted octanol–water partition coefficient (Wildman–Crippen LogP) is 2.20. The van der Waals surface area contributed by atoms with Crippen LogP contribution in [0.15, 0.2) is 65.8 Å². The van der Waals surface area contributed by atoms with Crippen LogP contribution in [0.2, 0.25) is 0 Å². The Bertz CT molecular complexity index is 1500. The standard InChI is InChI=1S/C25H26N6O4S/c1-30-10-12-31(13-11-30)36(34,35)19-6-8-22(27-16-19)23-20-14-17(5-7-21(20)29-25(23)33)24(32)28-15-18-4-2-3-9-26-18/h2-9,14,16,29,33H,10-13,15H2,1H3,(H,28,32). The van der Waals surface area contributed by atoms with Crippen LogP contribution in [0.1, 0.15) is 16.1 Å². The largest absolute Gasteiger partial charge is 0.494 e. The van der Waals surface area contributed by atoms with E-state index in [4.69, 9.17) is 0 Å². The number of sulfonamides is 1. The molecule has 0 saturated carbocycles. The van der Waals surface area contributed by atoms with Gasteiger partial charge in [0.05, 0.1) is 23.5 Å². The van der Waals surface area contributed by atoms with E-state index in [9.17, 15) is 18.3 Å². The Labute approximate surface area is 208 Å². The van der Waals surface area contributed by atoms with Crippen molar-refractivity contribution in [3.05, 3.63) is 72.2 Å². The van der Waals surface area contributed by atoms with Crippen LogP contribution in [0, 0.1) is 0 Å². The van der Waals surface area contributed by atoms with Gasteiger partial charge in [0.2, 0.25) is 10.0 Å². The number of nitrogens with one attached hydrogen (secondary N) is 2. The van der Waals surface area contributed by atoms with Gasteiger partial charge in [0.15, 0.2) is 5.88 Å². The van der Waals surface area contributed by atoms with Crippen molar-refractivity contribution in [2.45, 2.75) is 11.4 Å². The lowest BCUT2D eigenvalue weighted by Crippen LogP contribution is -2.47. The van der Waals surface area contributed by atoms with Gasteiger partial charge in [-0.15, -0.1) is 0 Å². The number of hydrogen-bond acceptors (Lipinski definition) is 7. The molecule has 186 valence electrons. The molecule has 4 heterocycles. The second kappa shape index (κ2) is 9.69. The highest BCUT2D eigenvalue weighted by Gasteiger charge is 2.28. The van der Waals surface area contributed by atoms with Crippen molar-refractivity contribution in [1.82, 2.24) is 29.5 Å². The number of piperazine rings is 1. The molecule has 4 aromatic rings. The SMILES string of the molecule is CN1CCN(S(=O)(=O)c2ccc(-c3c(O)[nH]c4ccc(C(=O)NCc5ccccn5)cc34)nc2)CC1.